The quantitative estimate of drug-likeness (QED) is 0.174. The molecule has 0 aliphatic carbocycles. The highest BCUT2D eigenvalue weighted by Crippen LogP contribution is 2.38. The van der Waals surface area contributed by atoms with E-state index >= 15 is 0 Å². The molecule has 6 nitrogen and oxygen atoms in total. The van der Waals surface area contributed by atoms with E-state index in [1.165, 1.54) is 9.80 Å². The van der Waals surface area contributed by atoms with Crippen LogP contribution in [-0.2, 0) is 0 Å². The molecule has 0 bridgehead atoms. The van der Waals surface area contributed by atoms with E-state index in [9.17, 15) is 19.2 Å². The Morgan fingerprint density at radius 1 is 0.340 bits per heavy atom. The van der Waals surface area contributed by atoms with Crippen LogP contribution in [0.15, 0.2) is 121 Å². The second-order valence-corrected chi connectivity index (χ2v) is 13.1. The molecular weight excluding hydrogens is 620 g/mol. The van der Waals surface area contributed by atoms with Gasteiger partial charge >= 0.3 is 0 Å². The van der Waals surface area contributed by atoms with Gasteiger partial charge in [0, 0.05) is 0 Å². The molecule has 242 valence electrons. The normalized spacial score (nSPS) is 13.7. The number of anilines is 2. The number of carbonyl (C=O) groups excluding carboxylic acids is 4. The topological polar surface area (TPSA) is 74.8 Å². The van der Waals surface area contributed by atoms with Crippen LogP contribution in [0.1, 0.15) is 63.7 Å². The molecule has 2 heterocycles. The minimum Gasteiger partial charge on any atom is -0.268 e. The van der Waals surface area contributed by atoms with Gasteiger partial charge in [0.2, 0.25) is 0 Å². The maximum absolute atomic E-state index is 13.8. The molecule has 6 heteroatoms. The first kappa shape index (κ1) is 30.9. The van der Waals surface area contributed by atoms with Gasteiger partial charge in [-0.1, -0.05) is 83.9 Å². The molecule has 2 aliphatic heterocycles. The number of benzene rings is 6. The van der Waals surface area contributed by atoms with Crippen molar-refractivity contribution in [1.82, 2.24) is 0 Å². The zero-order valence-corrected chi connectivity index (χ0v) is 28.1. The van der Waals surface area contributed by atoms with E-state index in [4.69, 9.17) is 0 Å². The van der Waals surface area contributed by atoms with E-state index in [1.54, 1.807) is 36.4 Å². The zero-order valence-electron chi connectivity index (χ0n) is 28.1. The Bertz CT molecular complexity index is 2400. The van der Waals surface area contributed by atoms with E-state index in [-0.39, 0.29) is 23.6 Å². The molecular formula is C44H32N2O4. The molecule has 0 fully saturated rings. The first-order valence-electron chi connectivity index (χ1n) is 16.5. The van der Waals surface area contributed by atoms with E-state index in [0.717, 1.165) is 55.6 Å². The summed E-state index contributed by atoms with van der Waals surface area (Å²) in [5.41, 5.74) is 11.9. The van der Waals surface area contributed by atoms with Crippen molar-refractivity contribution in [3.8, 4) is 33.4 Å². The van der Waals surface area contributed by atoms with E-state index in [0.29, 0.717) is 33.6 Å². The largest absolute Gasteiger partial charge is 0.268 e. The van der Waals surface area contributed by atoms with Gasteiger partial charge in [0.1, 0.15) is 0 Å². The van der Waals surface area contributed by atoms with E-state index < -0.39 is 0 Å². The lowest BCUT2D eigenvalue weighted by molar-refractivity contribution is 0.0910. The van der Waals surface area contributed by atoms with Crippen LogP contribution >= 0.6 is 0 Å². The van der Waals surface area contributed by atoms with Crippen molar-refractivity contribution in [2.24, 2.45) is 0 Å². The molecule has 0 N–H and O–H groups in total. The molecule has 2 aliphatic rings. The SMILES string of the molecule is Cc1ccc(-c2ccc3c(c2)C(=O)N(c2ccc(-c4cc(C)c(N5C(=O)c6ccc(-c7ccc(C)cc7)cc6C5=O)c(C)c4)cc2)C3=O)cc1. The Kier molecular flexibility index (Phi) is 7.19. The molecule has 0 radical (unpaired) electrons. The molecule has 0 saturated carbocycles. The summed E-state index contributed by atoms with van der Waals surface area (Å²) in [6.07, 6.45) is 0. The number of hydrogen-bond donors (Lipinski definition) is 0. The second-order valence-electron chi connectivity index (χ2n) is 13.1. The molecule has 0 saturated heterocycles. The number of amides is 4. The Morgan fingerprint density at radius 2 is 0.700 bits per heavy atom. The highest BCUT2D eigenvalue weighted by atomic mass is 16.2. The summed E-state index contributed by atoms with van der Waals surface area (Å²) in [5.74, 6) is -1.38. The summed E-state index contributed by atoms with van der Waals surface area (Å²) in [5, 5.41) is 0. The Labute approximate surface area is 290 Å². The van der Waals surface area contributed by atoms with Crippen LogP contribution in [0.5, 0.6) is 0 Å². The highest BCUT2D eigenvalue weighted by molar-refractivity contribution is 6.36. The van der Waals surface area contributed by atoms with Crippen molar-refractivity contribution in [2.45, 2.75) is 27.7 Å². The van der Waals surface area contributed by atoms with E-state index in [2.05, 4.69) is 0 Å². The summed E-state index contributed by atoms with van der Waals surface area (Å²) < 4.78 is 0. The van der Waals surface area contributed by atoms with Crippen LogP contribution in [0.25, 0.3) is 33.4 Å². The first-order chi connectivity index (χ1) is 24.1. The van der Waals surface area contributed by atoms with Crippen LogP contribution < -0.4 is 9.80 Å². The maximum Gasteiger partial charge on any atom is 0.266 e. The summed E-state index contributed by atoms with van der Waals surface area (Å²) >= 11 is 0. The number of aryl methyl sites for hydroxylation is 4. The van der Waals surface area contributed by atoms with Crippen molar-refractivity contribution in [3.63, 3.8) is 0 Å². The van der Waals surface area contributed by atoms with Crippen LogP contribution in [0.3, 0.4) is 0 Å². The molecule has 0 aromatic heterocycles. The molecule has 0 spiro atoms. The Hall–Kier alpha value is -6.40. The lowest BCUT2D eigenvalue weighted by Crippen LogP contribution is -2.30. The monoisotopic (exact) mass is 652 g/mol. The fourth-order valence-electron chi connectivity index (χ4n) is 7.05. The van der Waals surface area contributed by atoms with Gasteiger partial charge in [-0.25, -0.2) is 9.80 Å². The smallest absolute Gasteiger partial charge is 0.266 e. The predicted octanol–water partition coefficient (Wildman–Crippen LogP) is 9.52. The fraction of sp³-hybridized carbons (Fsp3) is 0.0909. The minimum atomic E-state index is -0.352. The molecule has 4 amide bonds. The van der Waals surface area contributed by atoms with Crippen molar-refractivity contribution in [3.05, 3.63) is 166 Å². The molecule has 0 unspecified atom stereocenters. The molecule has 0 atom stereocenters. The Balaban J connectivity index is 1.05. The van der Waals surface area contributed by atoms with Crippen LogP contribution in [0.4, 0.5) is 11.4 Å². The molecule has 6 aromatic carbocycles. The maximum atomic E-state index is 13.8. The van der Waals surface area contributed by atoms with Gasteiger partial charge in [-0.05, 0) is 121 Å². The van der Waals surface area contributed by atoms with Crippen molar-refractivity contribution < 1.29 is 19.2 Å². The summed E-state index contributed by atoms with van der Waals surface area (Å²) in [6, 6.07) is 38.1. The summed E-state index contributed by atoms with van der Waals surface area (Å²) in [6.45, 7) is 7.84. The number of carbonyl (C=O) groups is 4. The molecule has 6 aromatic rings. The van der Waals surface area contributed by atoms with Crippen LogP contribution in [0.2, 0.25) is 0 Å². The summed E-state index contributed by atoms with van der Waals surface area (Å²) in [4.78, 5) is 56.8. The number of imide groups is 2. The van der Waals surface area contributed by atoms with Gasteiger partial charge in [0.15, 0.2) is 0 Å². The van der Waals surface area contributed by atoms with E-state index in [1.807, 2.05) is 113 Å². The third-order valence-corrected chi connectivity index (χ3v) is 9.72. The highest BCUT2D eigenvalue weighted by Gasteiger charge is 2.39. The average molecular weight is 653 g/mol. The third kappa shape index (κ3) is 4.96. The van der Waals surface area contributed by atoms with Crippen molar-refractivity contribution in [2.75, 3.05) is 9.80 Å². The third-order valence-electron chi connectivity index (χ3n) is 9.72. The van der Waals surface area contributed by atoms with Gasteiger partial charge in [-0.2, -0.15) is 0 Å². The lowest BCUT2D eigenvalue weighted by atomic mass is 9.98. The van der Waals surface area contributed by atoms with Crippen LogP contribution in [-0.4, -0.2) is 23.6 Å². The number of hydrogen-bond acceptors (Lipinski definition) is 4. The van der Waals surface area contributed by atoms with Crippen LogP contribution in [0, 0.1) is 27.7 Å². The standard InChI is InChI=1S/C44H32N2O4/c1-25-5-9-29(10-6-25)32-15-19-36-38(23-32)43(49)45(41(36)47)35-17-13-31(14-18-35)34-21-27(3)40(28(4)22-34)46-42(48)37-20-16-33(24-39(37)44(46)50)30-11-7-26(2)8-12-30/h5-24H,1-4H3. The van der Waals surface area contributed by atoms with Crippen molar-refractivity contribution >= 4 is 35.0 Å². The van der Waals surface area contributed by atoms with Gasteiger partial charge < -0.3 is 0 Å². The van der Waals surface area contributed by atoms with Gasteiger partial charge in [-0.3, -0.25) is 19.2 Å². The number of nitrogens with zero attached hydrogens (tertiary/aromatic N) is 2. The Morgan fingerprint density at radius 3 is 1.18 bits per heavy atom. The summed E-state index contributed by atoms with van der Waals surface area (Å²) in [7, 11) is 0. The number of fused-ring (bicyclic) bond motifs is 2. The fourth-order valence-corrected chi connectivity index (χ4v) is 7.05. The zero-order chi connectivity index (χ0) is 34.8. The first-order valence-corrected chi connectivity index (χ1v) is 16.5. The minimum absolute atomic E-state index is 0.337. The predicted molar refractivity (Wildman–Crippen MR) is 197 cm³/mol. The van der Waals surface area contributed by atoms with Crippen molar-refractivity contribution in [1.29, 1.82) is 0 Å². The lowest BCUT2D eigenvalue weighted by Gasteiger charge is -2.21. The number of rotatable bonds is 5. The molecule has 50 heavy (non-hydrogen) atoms. The van der Waals surface area contributed by atoms with Gasteiger partial charge in [0.25, 0.3) is 23.6 Å². The molecule has 8 rings (SSSR count). The second kappa shape index (κ2) is 11.6. The van der Waals surface area contributed by atoms with Gasteiger partial charge in [-0.15, -0.1) is 0 Å². The van der Waals surface area contributed by atoms with Gasteiger partial charge in [0.05, 0.1) is 33.6 Å². The average Bonchev–Trinajstić information content (AvgIpc) is 3.51.